The number of pyridine rings is 1. The Bertz CT molecular complexity index is 1170. The first-order chi connectivity index (χ1) is 14.2. The van der Waals surface area contributed by atoms with Crippen LogP contribution < -0.4 is 16.2 Å². The number of aromatic nitrogens is 1. The van der Waals surface area contributed by atoms with Crippen molar-refractivity contribution in [3.05, 3.63) is 80.1 Å². The number of aromatic amines is 1. The molecule has 2 aromatic carbocycles. The van der Waals surface area contributed by atoms with E-state index in [4.69, 9.17) is 0 Å². The van der Waals surface area contributed by atoms with Crippen molar-refractivity contribution in [2.24, 2.45) is 0 Å². The first-order valence-corrected chi connectivity index (χ1v) is 8.66. The molecule has 1 heterocycles. The van der Waals surface area contributed by atoms with Gasteiger partial charge in [-0.15, -0.1) is 0 Å². The molecular weight excluding hydrogens is 405 g/mol. The minimum absolute atomic E-state index is 0.0105. The summed E-state index contributed by atoms with van der Waals surface area (Å²) in [7, 11) is 0. The number of alkyl halides is 3. The third-order valence-corrected chi connectivity index (χ3v) is 4.25. The predicted molar refractivity (Wildman–Crippen MR) is 103 cm³/mol. The SMILES string of the molecule is O=C(NCCNc1ccc(C(F)(F)F)cc1[N+](=O)[O-])c1cc2ccccc2[nH]c1=O. The van der Waals surface area contributed by atoms with Crippen molar-refractivity contribution < 1.29 is 22.9 Å². The highest BCUT2D eigenvalue weighted by Gasteiger charge is 2.33. The van der Waals surface area contributed by atoms with Gasteiger partial charge in [0, 0.05) is 24.7 Å². The number of rotatable bonds is 6. The van der Waals surface area contributed by atoms with Gasteiger partial charge >= 0.3 is 6.18 Å². The number of hydrogen-bond acceptors (Lipinski definition) is 5. The molecule has 0 saturated heterocycles. The normalized spacial score (nSPS) is 11.3. The van der Waals surface area contributed by atoms with Gasteiger partial charge in [0.15, 0.2) is 0 Å². The summed E-state index contributed by atoms with van der Waals surface area (Å²) in [6.45, 7) is -0.0350. The van der Waals surface area contributed by atoms with E-state index in [9.17, 15) is 32.9 Å². The average molecular weight is 420 g/mol. The first kappa shape index (κ1) is 20.8. The molecule has 0 fully saturated rings. The van der Waals surface area contributed by atoms with Crippen LogP contribution in [-0.2, 0) is 6.18 Å². The van der Waals surface area contributed by atoms with Gasteiger partial charge in [0.25, 0.3) is 17.2 Å². The van der Waals surface area contributed by atoms with Crippen molar-refractivity contribution in [1.82, 2.24) is 10.3 Å². The Morgan fingerprint density at radius 3 is 2.53 bits per heavy atom. The maximum absolute atomic E-state index is 12.7. The fraction of sp³-hybridized carbons (Fsp3) is 0.158. The van der Waals surface area contributed by atoms with Crippen LogP contribution in [0.2, 0.25) is 0 Å². The zero-order valence-corrected chi connectivity index (χ0v) is 15.2. The van der Waals surface area contributed by atoms with E-state index in [-0.39, 0.29) is 24.3 Å². The van der Waals surface area contributed by atoms with Crippen molar-refractivity contribution in [3.63, 3.8) is 0 Å². The molecule has 0 aliphatic carbocycles. The molecule has 0 aliphatic rings. The Kier molecular flexibility index (Phi) is 5.72. The monoisotopic (exact) mass is 420 g/mol. The van der Waals surface area contributed by atoms with Crippen LogP contribution in [0.5, 0.6) is 0 Å². The van der Waals surface area contributed by atoms with E-state index in [1.54, 1.807) is 24.3 Å². The molecule has 30 heavy (non-hydrogen) atoms. The Morgan fingerprint density at radius 2 is 1.83 bits per heavy atom. The van der Waals surface area contributed by atoms with Crippen LogP contribution in [0.15, 0.2) is 53.3 Å². The standard InChI is InChI=1S/C19H15F3N4O4/c20-19(21,22)12-5-6-15(16(10-12)26(29)30)23-7-8-24-17(27)13-9-11-3-1-2-4-14(11)25-18(13)28/h1-6,9-10,23H,7-8H2,(H,24,27)(H,25,28). The summed E-state index contributed by atoms with van der Waals surface area (Å²) in [6, 6.07) is 10.5. The Morgan fingerprint density at radius 1 is 1.10 bits per heavy atom. The fourth-order valence-corrected chi connectivity index (χ4v) is 2.79. The number of para-hydroxylation sites is 1. The van der Waals surface area contributed by atoms with E-state index in [1.807, 2.05) is 0 Å². The lowest BCUT2D eigenvalue weighted by Gasteiger charge is -2.11. The summed E-state index contributed by atoms with van der Waals surface area (Å²) < 4.78 is 38.2. The molecule has 0 spiro atoms. The van der Waals surface area contributed by atoms with Gasteiger partial charge in [-0.3, -0.25) is 19.7 Å². The largest absolute Gasteiger partial charge is 0.416 e. The molecule has 1 amide bonds. The second-order valence-corrected chi connectivity index (χ2v) is 6.27. The highest BCUT2D eigenvalue weighted by Crippen LogP contribution is 2.34. The number of amides is 1. The maximum atomic E-state index is 12.7. The summed E-state index contributed by atoms with van der Waals surface area (Å²) in [6.07, 6.45) is -4.70. The molecule has 0 aliphatic heterocycles. The Hall–Kier alpha value is -3.89. The lowest BCUT2D eigenvalue weighted by atomic mass is 10.1. The van der Waals surface area contributed by atoms with Crippen LogP contribution in [0.25, 0.3) is 10.9 Å². The van der Waals surface area contributed by atoms with Crippen molar-refractivity contribution >= 4 is 28.2 Å². The Balaban J connectivity index is 1.65. The number of nitro benzene ring substituents is 1. The molecule has 3 rings (SSSR count). The minimum Gasteiger partial charge on any atom is -0.378 e. The van der Waals surface area contributed by atoms with Crippen LogP contribution in [0, 0.1) is 10.1 Å². The van der Waals surface area contributed by atoms with E-state index < -0.39 is 33.8 Å². The number of halogens is 3. The summed E-state index contributed by atoms with van der Waals surface area (Å²) in [5.74, 6) is -0.647. The van der Waals surface area contributed by atoms with Crippen LogP contribution in [-0.4, -0.2) is 28.9 Å². The van der Waals surface area contributed by atoms with Crippen molar-refractivity contribution in [2.75, 3.05) is 18.4 Å². The van der Waals surface area contributed by atoms with Gasteiger partial charge in [-0.25, -0.2) is 0 Å². The van der Waals surface area contributed by atoms with Gasteiger partial charge < -0.3 is 15.6 Å². The zero-order valence-electron chi connectivity index (χ0n) is 15.2. The lowest BCUT2D eigenvalue weighted by molar-refractivity contribution is -0.384. The van der Waals surface area contributed by atoms with Gasteiger partial charge in [-0.05, 0) is 29.7 Å². The third kappa shape index (κ3) is 4.57. The number of anilines is 1. The minimum atomic E-state index is -4.70. The highest BCUT2D eigenvalue weighted by atomic mass is 19.4. The number of hydrogen-bond donors (Lipinski definition) is 3. The predicted octanol–water partition coefficient (Wildman–Crippen LogP) is 3.30. The maximum Gasteiger partial charge on any atom is 0.416 e. The van der Waals surface area contributed by atoms with Crippen LogP contribution >= 0.6 is 0 Å². The molecule has 3 N–H and O–H groups in total. The number of fused-ring (bicyclic) bond motifs is 1. The number of nitrogens with zero attached hydrogens (tertiary/aromatic N) is 1. The summed E-state index contributed by atoms with van der Waals surface area (Å²) in [4.78, 5) is 37.1. The molecule has 0 radical (unpaired) electrons. The highest BCUT2D eigenvalue weighted by molar-refractivity contribution is 5.97. The van der Waals surface area contributed by atoms with E-state index in [0.29, 0.717) is 17.0 Å². The molecule has 1 aromatic heterocycles. The molecule has 11 heteroatoms. The van der Waals surface area contributed by atoms with Crippen LogP contribution in [0.3, 0.4) is 0 Å². The lowest BCUT2D eigenvalue weighted by Crippen LogP contribution is -2.32. The number of carbonyl (C=O) groups excluding carboxylic acids is 1. The van der Waals surface area contributed by atoms with E-state index in [1.165, 1.54) is 6.07 Å². The van der Waals surface area contributed by atoms with Gasteiger partial charge in [0.2, 0.25) is 0 Å². The molecule has 156 valence electrons. The topological polar surface area (TPSA) is 117 Å². The second kappa shape index (κ2) is 8.23. The molecule has 3 aromatic rings. The van der Waals surface area contributed by atoms with E-state index in [2.05, 4.69) is 15.6 Å². The smallest absolute Gasteiger partial charge is 0.378 e. The van der Waals surface area contributed by atoms with E-state index >= 15 is 0 Å². The molecule has 8 nitrogen and oxygen atoms in total. The number of nitrogens with one attached hydrogen (secondary N) is 3. The van der Waals surface area contributed by atoms with Crippen molar-refractivity contribution in [3.8, 4) is 0 Å². The summed E-state index contributed by atoms with van der Waals surface area (Å²) in [5.41, 5.74) is -2.08. The molecular formula is C19H15F3N4O4. The van der Waals surface area contributed by atoms with Gasteiger partial charge in [0.05, 0.1) is 10.5 Å². The second-order valence-electron chi connectivity index (χ2n) is 6.27. The Labute approximate surface area is 166 Å². The van der Waals surface area contributed by atoms with Crippen LogP contribution in [0.1, 0.15) is 15.9 Å². The molecule has 0 unspecified atom stereocenters. The number of carbonyl (C=O) groups is 1. The number of benzene rings is 2. The number of H-pyrrole nitrogens is 1. The van der Waals surface area contributed by atoms with Crippen LogP contribution in [0.4, 0.5) is 24.5 Å². The number of nitro groups is 1. The summed E-state index contributed by atoms with van der Waals surface area (Å²) in [5, 5.41) is 16.8. The van der Waals surface area contributed by atoms with Crippen molar-refractivity contribution in [1.29, 1.82) is 0 Å². The molecule has 0 saturated carbocycles. The average Bonchev–Trinajstić information content (AvgIpc) is 2.69. The first-order valence-electron chi connectivity index (χ1n) is 8.66. The summed E-state index contributed by atoms with van der Waals surface area (Å²) >= 11 is 0. The fourth-order valence-electron chi connectivity index (χ4n) is 2.79. The van der Waals surface area contributed by atoms with Gasteiger partial charge in [0.1, 0.15) is 11.3 Å². The van der Waals surface area contributed by atoms with Gasteiger partial charge in [-0.2, -0.15) is 13.2 Å². The zero-order chi connectivity index (χ0) is 21.9. The van der Waals surface area contributed by atoms with Gasteiger partial charge in [-0.1, -0.05) is 18.2 Å². The molecule has 0 bridgehead atoms. The van der Waals surface area contributed by atoms with Crippen molar-refractivity contribution in [2.45, 2.75) is 6.18 Å². The molecule has 0 atom stereocenters. The third-order valence-electron chi connectivity index (χ3n) is 4.25. The quantitative estimate of drug-likeness (QED) is 0.321. The van der Waals surface area contributed by atoms with E-state index in [0.717, 1.165) is 12.1 Å².